The summed E-state index contributed by atoms with van der Waals surface area (Å²) in [5.74, 6) is -0.717. The van der Waals surface area contributed by atoms with Crippen LogP contribution in [0, 0.1) is 0 Å². The van der Waals surface area contributed by atoms with Gasteiger partial charge in [-0.05, 0) is 36.2 Å². The number of fused-ring (bicyclic) bond motifs is 1. The van der Waals surface area contributed by atoms with Gasteiger partial charge in [-0.15, -0.1) is 0 Å². The number of hydrogen-bond donors (Lipinski definition) is 1. The third-order valence-electron chi connectivity index (χ3n) is 4.12. The Morgan fingerprint density at radius 3 is 2.77 bits per heavy atom. The number of carbonyl (C=O) groups excluding carboxylic acids is 2. The van der Waals surface area contributed by atoms with E-state index >= 15 is 0 Å². The number of rotatable bonds is 5. The second-order valence-corrected chi connectivity index (χ2v) is 8.48. The zero-order valence-electron chi connectivity index (χ0n) is 14.3. The highest BCUT2D eigenvalue weighted by Crippen LogP contribution is 2.32. The van der Waals surface area contributed by atoms with E-state index in [1.807, 2.05) is 6.07 Å². The molecule has 2 amide bonds. The van der Waals surface area contributed by atoms with E-state index in [0.29, 0.717) is 17.8 Å². The molecule has 0 bridgehead atoms. The second-order valence-electron chi connectivity index (χ2n) is 6.22. The van der Waals surface area contributed by atoms with Gasteiger partial charge in [0.1, 0.15) is 9.84 Å². The van der Waals surface area contributed by atoms with Gasteiger partial charge >= 0.3 is 0 Å². The molecule has 0 fully saturated rings. The van der Waals surface area contributed by atoms with E-state index < -0.39 is 9.84 Å². The largest absolute Gasteiger partial charge is 0.326 e. The van der Waals surface area contributed by atoms with Gasteiger partial charge in [0.25, 0.3) is 5.91 Å². The van der Waals surface area contributed by atoms with Crippen LogP contribution in [-0.2, 0) is 21.1 Å². The number of nitrogens with zero attached hydrogens (tertiary/aromatic N) is 2. The Morgan fingerprint density at radius 2 is 2.08 bits per heavy atom. The summed E-state index contributed by atoms with van der Waals surface area (Å²) in [5, 5.41) is 2.69. The monoisotopic (exact) mass is 373 g/mol. The van der Waals surface area contributed by atoms with Crippen molar-refractivity contribution >= 4 is 33.0 Å². The minimum Gasteiger partial charge on any atom is -0.326 e. The first-order valence-corrected chi connectivity index (χ1v) is 10.2. The molecule has 7 nitrogen and oxygen atoms in total. The van der Waals surface area contributed by atoms with Gasteiger partial charge in [-0.3, -0.25) is 14.6 Å². The molecule has 0 radical (unpaired) electrons. The van der Waals surface area contributed by atoms with Crippen molar-refractivity contribution in [2.75, 3.05) is 28.8 Å². The summed E-state index contributed by atoms with van der Waals surface area (Å²) in [6, 6.07) is 8.80. The van der Waals surface area contributed by atoms with Crippen molar-refractivity contribution < 1.29 is 18.0 Å². The lowest BCUT2D eigenvalue weighted by atomic mass is 10.1. The number of amides is 2. The van der Waals surface area contributed by atoms with Crippen LogP contribution in [0.4, 0.5) is 11.4 Å². The number of nitrogens with one attached hydrogen (secondary N) is 1. The van der Waals surface area contributed by atoms with Crippen LogP contribution in [0.15, 0.2) is 42.7 Å². The van der Waals surface area contributed by atoms with Crippen LogP contribution in [0.25, 0.3) is 0 Å². The van der Waals surface area contributed by atoms with Crippen molar-refractivity contribution in [3.63, 3.8) is 0 Å². The molecule has 1 aromatic heterocycles. The molecule has 0 saturated heterocycles. The predicted molar refractivity (Wildman–Crippen MR) is 99.0 cm³/mol. The average molecular weight is 373 g/mol. The predicted octanol–water partition coefficient (Wildman–Crippen LogP) is 1.66. The molecule has 0 unspecified atom stereocenters. The lowest BCUT2D eigenvalue weighted by Gasteiger charge is -2.18. The number of benzene rings is 1. The molecule has 2 heterocycles. The van der Waals surface area contributed by atoms with Crippen molar-refractivity contribution in [3.8, 4) is 0 Å². The fraction of sp³-hybridized carbons (Fsp3) is 0.278. The van der Waals surface area contributed by atoms with Crippen molar-refractivity contribution in [1.29, 1.82) is 0 Å². The lowest BCUT2D eigenvalue weighted by Crippen LogP contribution is -2.29. The normalized spacial score (nSPS) is 13.3. The Labute approximate surface area is 152 Å². The molecule has 0 saturated carbocycles. The van der Waals surface area contributed by atoms with E-state index in [1.165, 1.54) is 6.20 Å². The second kappa shape index (κ2) is 7.25. The van der Waals surface area contributed by atoms with Gasteiger partial charge in [-0.1, -0.05) is 6.07 Å². The number of anilines is 2. The number of carbonyl (C=O) groups is 2. The van der Waals surface area contributed by atoms with Crippen LogP contribution >= 0.6 is 0 Å². The molecular weight excluding hydrogens is 354 g/mol. The Hall–Kier alpha value is -2.74. The fourth-order valence-electron chi connectivity index (χ4n) is 2.81. The van der Waals surface area contributed by atoms with Gasteiger partial charge in [0.05, 0.1) is 11.3 Å². The SMILES string of the molecule is CS(=O)(=O)CCC(=O)Nc1ccc2c(c1)N(C(=O)c1cccnc1)CC2. The highest BCUT2D eigenvalue weighted by molar-refractivity contribution is 7.90. The molecule has 1 aromatic carbocycles. The molecule has 1 N–H and O–H groups in total. The smallest absolute Gasteiger partial charge is 0.259 e. The third-order valence-corrected chi connectivity index (χ3v) is 5.06. The number of sulfone groups is 1. The molecule has 8 heteroatoms. The Balaban J connectivity index is 1.75. The number of pyridine rings is 1. The first-order chi connectivity index (χ1) is 12.3. The minimum atomic E-state index is -3.19. The first-order valence-electron chi connectivity index (χ1n) is 8.16. The van der Waals surface area contributed by atoms with Crippen molar-refractivity contribution in [1.82, 2.24) is 4.98 Å². The number of hydrogen-bond acceptors (Lipinski definition) is 5. The van der Waals surface area contributed by atoms with E-state index in [-0.39, 0.29) is 24.0 Å². The van der Waals surface area contributed by atoms with Gasteiger partial charge in [0.15, 0.2) is 0 Å². The van der Waals surface area contributed by atoms with Gasteiger partial charge in [0, 0.05) is 43.0 Å². The van der Waals surface area contributed by atoms with Crippen LogP contribution in [0.5, 0.6) is 0 Å². The highest BCUT2D eigenvalue weighted by Gasteiger charge is 2.26. The summed E-state index contributed by atoms with van der Waals surface area (Å²) in [4.78, 5) is 30.3. The summed E-state index contributed by atoms with van der Waals surface area (Å²) in [6.07, 6.45) is 4.87. The van der Waals surface area contributed by atoms with E-state index in [1.54, 1.807) is 35.4 Å². The van der Waals surface area contributed by atoms with E-state index in [4.69, 9.17) is 0 Å². The Morgan fingerprint density at radius 1 is 1.27 bits per heavy atom. The molecule has 26 heavy (non-hydrogen) atoms. The zero-order chi connectivity index (χ0) is 18.7. The number of aromatic nitrogens is 1. The summed E-state index contributed by atoms with van der Waals surface area (Å²) in [5.41, 5.74) is 2.81. The van der Waals surface area contributed by atoms with Crippen LogP contribution in [0.2, 0.25) is 0 Å². The average Bonchev–Trinajstić information content (AvgIpc) is 3.03. The fourth-order valence-corrected chi connectivity index (χ4v) is 3.37. The molecule has 0 aliphatic carbocycles. The summed E-state index contributed by atoms with van der Waals surface area (Å²) >= 11 is 0. The minimum absolute atomic E-state index is 0.103. The summed E-state index contributed by atoms with van der Waals surface area (Å²) in [7, 11) is -3.19. The first kappa shape index (κ1) is 18.1. The molecule has 0 atom stereocenters. The maximum atomic E-state index is 12.7. The topological polar surface area (TPSA) is 96.4 Å². The molecular formula is C18H19N3O4S. The summed E-state index contributed by atoms with van der Waals surface area (Å²) in [6.45, 7) is 0.564. The molecule has 136 valence electrons. The van der Waals surface area contributed by atoms with E-state index in [0.717, 1.165) is 23.9 Å². The molecule has 2 aromatic rings. The third kappa shape index (κ3) is 4.26. The highest BCUT2D eigenvalue weighted by atomic mass is 32.2. The summed E-state index contributed by atoms with van der Waals surface area (Å²) < 4.78 is 22.3. The molecule has 1 aliphatic heterocycles. The van der Waals surface area contributed by atoms with Gasteiger partial charge < -0.3 is 10.2 Å². The van der Waals surface area contributed by atoms with E-state index in [2.05, 4.69) is 10.3 Å². The lowest BCUT2D eigenvalue weighted by molar-refractivity contribution is -0.115. The van der Waals surface area contributed by atoms with Crippen LogP contribution in [-0.4, -0.2) is 43.8 Å². The van der Waals surface area contributed by atoms with Crippen molar-refractivity contribution in [3.05, 3.63) is 53.9 Å². The Kier molecular flexibility index (Phi) is 5.03. The van der Waals surface area contributed by atoms with Gasteiger partial charge in [0.2, 0.25) is 5.91 Å². The van der Waals surface area contributed by atoms with Gasteiger partial charge in [-0.25, -0.2) is 8.42 Å². The standard InChI is InChI=1S/C18H19N3O4S/c1-26(24,25)10-7-17(22)20-15-5-4-13-6-9-21(16(13)11-15)18(23)14-3-2-8-19-12-14/h2-5,8,11-12H,6-7,9-10H2,1H3,(H,20,22). The molecule has 1 aliphatic rings. The quantitative estimate of drug-likeness (QED) is 0.860. The van der Waals surface area contributed by atoms with Crippen LogP contribution in [0.3, 0.4) is 0 Å². The van der Waals surface area contributed by atoms with Crippen molar-refractivity contribution in [2.24, 2.45) is 0 Å². The molecule has 0 spiro atoms. The zero-order valence-corrected chi connectivity index (χ0v) is 15.1. The molecule has 3 rings (SSSR count). The van der Waals surface area contributed by atoms with E-state index in [9.17, 15) is 18.0 Å². The van der Waals surface area contributed by atoms with Crippen molar-refractivity contribution in [2.45, 2.75) is 12.8 Å². The van der Waals surface area contributed by atoms with Gasteiger partial charge in [-0.2, -0.15) is 0 Å². The maximum Gasteiger partial charge on any atom is 0.259 e. The van der Waals surface area contributed by atoms with Crippen LogP contribution in [0.1, 0.15) is 22.3 Å². The Bertz CT molecular complexity index is 942. The van der Waals surface area contributed by atoms with Crippen LogP contribution < -0.4 is 10.2 Å². The maximum absolute atomic E-state index is 12.7.